The maximum absolute atomic E-state index is 12.3. The van der Waals surface area contributed by atoms with Crippen LogP contribution < -0.4 is 5.32 Å². The van der Waals surface area contributed by atoms with Crippen molar-refractivity contribution in [1.82, 2.24) is 9.80 Å². The molecule has 22 heavy (non-hydrogen) atoms. The van der Waals surface area contributed by atoms with Gasteiger partial charge >= 0.3 is 0 Å². The highest BCUT2D eigenvalue weighted by molar-refractivity contribution is 6.33. The van der Waals surface area contributed by atoms with Crippen molar-refractivity contribution >= 4 is 29.1 Å². The van der Waals surface area contributed by atoms with Gasteiger partial charge in [-0.25, -0.2) is 0 Å². The average Bonchev–Trinajstić information content (AvgIpc) is 2.83. The average molecular weight is 324 g/mol. The third kappa shape index (κ3) is 4.45. The Hall–Kier alpha value is -1.59. The topological polar surface area (TPSA) is 52.6 Å². The van der Waals surface area contributed by atoms with Crippen LogP contribution in [0, 0.1) is 5.92 Å². The van der Waals surface area contributed by atoms with Crippen molar-refractivity contribution in [3.8, 4) is 0 Å². The van der Waals surface area contributed by atoms with E-state index in [2.05, 4.69) is 10.2 Å². The number of hydrogen-bond acceptors (Lipinski definition) is 3. The van der Waals surface area contributed by atoms with Gasteiger partial charge in [0.1, 0.15) is 0 Å². The first-order chi connectivity index (χ1) is 10.5. The number of carbonyl (C=O) groups is 2. The fourth-order valence-corrected chi connectivity index (χ4v) is 2.72. The zero-order valence-electron chi connectivity index (χ0n) is 13.0. The van der Waals surface area contributed by atoms with Crippen LogP contribution in [0.1, 0.15) is 12.8 Å². The highest BCUT2D eigenvalue weighted by atomic mass is 35.5. The van der Waals surface area contributed by atoms with E-state index >= 15 is 0 Å². The number of benzene rings is 1. The molecule has 1 fully saturated rings. The minimum absolute atomic E-state index is 0.0538. The van der Waals surface area contributed by atoms with Gasteiger partial charge in [0.15, 0.2) is 0 Å². The molecule has 2 amide bonds. The minimum Gasteiger partial charge on any atom is -0.342 e. The lowest BCUT2D eigenvalue weighted by molar-refractivity contribution is -0.128. The van der Waals surface area contributed by atoms with Crippen LogP contribution in [-0.2, 0) is 9.59 Å². The first-order valence-corrected chi connectivity index (χ1v) is 7.83. The predicted molar refractivity (Wildman–Crippen MR) is 87.9 cm³/mol. The van der Waals surface area contributed by atoms with Gasteiger partial charge in [0.25, 0.3) is 0 Å². The lowest BCUT2D eigenvalue weighted by Gasteiger charge is -2.18. The summed E-state index contributed by atoms with van der Waals surface area (Å²) in [5, 5.41) is 3.31. The predicted octanol–water partition coefficient (Wildman–Crippen LogP) is 2.08. The Morgan fingerprint density at radius 1 is 1.41 bits per heavy atom. The van der Waals surface area contributed by atoms with E-state index in [9.17, 15) is 9.59 Å². The summed E-state index contributed by atoms with van der Waals surface area (Å²) in [6, 6.07) is 7.11. The van der Waals surface area contributed by atoms with Gasteiger partial charge < -0.3 is 15.1 Å². The molecule has 1 aliphatic heterocycles. The molecule has 2 rings (SSSR count). The number of nitrogens with zero attached hydrogens (tertiary/aromatic N) is 2. The third-order valence-corrected chi connectivity index (χ3v) is 4.08. The fraction of sp³-hybridized carbons (Fsp3) is 0.500. The summed E-state index contributed by atoms with van der Waals surface area (Å²) in [5.41, 5.74) is 0.590. The number of amides is 2. The Labute approximate surface area is 136 Å². The molecule has 0 radical (unpaired) electrons. The zero-order chi connectivity index (χ0) is 16.1. The van der Waals surface area contributed by atoms with E-state index in [1.807, 2.05) is 26.2 Å². The molecule has 1 aliphatic rings. The normalized spacial score (nSPS) is 18.1. The number of anilines is 1. The quantitative estimate of drug-likeness (QED) is 0.872. The van der Waals surface area contributed by atoms with E-state index in [-0.39, 0.29) is 24.2 Å². The molecule has 1 N–H and O–H groups in total. The first kappa shape index (κ1) is 16.8. The van der Waals surface area contributed by atoms with E-state index in [0.29, 0.717) is 23.8 Å². The van der Waals surface area contributed by atoms with Crippen molar-refractivity contribution in [1.29, 1.82) is 0 Å². The number of hydrogen-bond donors (Lipinski definition) is 1. The molecule has 0 saturated carbocycles. The minimum atomic E-state index is -0.303. The Balaban J connectivity index is 1.87. The van der Waals surface area contributed by atoms with Crippen molar-refractivity contribution in [3.05, 3.63) is 29.3 Å². The van der Waals surface area contributed by atoms with Gasteiger partial charge in [-0.3, -0.25) is 9.59 Å². The van der Waals surface area contributed by atoms with Crippen LogP contribution >= 0.6 is 11.6 Å². The standard InChI is InChI=1S/C16H22ClN3O2/c1-19(2)8-5-9-20-11-12(10-15(20)21)16(22)18-14-7-4-3-6-13(14)17/h3-4,6-7,12H,5,8-11H2,1-2H3,(H,18,22). The summed E-state index contributed by atoms with van der Waals surface area (Å²) in [7, 11) is 4.01. The molecule has 1 aromatic carbocycles. The van der Waals surface area contributed by atoms with Crippen LogP contribution in [0.4, 0.5) is 5.69 Å². The monoisotopic (exact) mass is 323 g/mol. The van der Waals surface area contributed by atoms with Crippen molar-refractivity contribution < 1.29 is 9.59 Å². The van der Waals surface area contributed by atoms with E-state index in [1.165, 1.54) is 0 Å². The summed E-state index contributed by atoms with van der Waals surface area (Å²) < 4.78 is 0. The van der Waals surface area contributed by atoms with Gasteiger partial charge in [0.05, 0.1) is 16.6 Å². The second kappa shape index (κ2) is 7.61. The number of nitrogens with one attached hydrogen (secondary N) is 1. The molecule has 1 heterocycles. The number of carbonyl (C=O) groups excluding carboxylic acids is 2. The largest absolute Gasteiger partial charge is 0.342 e. The van der Waals surface area contributed by atoms with E-state index in [4.69, 9.17) is 11.6 Å². The molecule has 0 spiro atoms. The molecule has 0 aromatic heterocycles. The highest BCUT2D eigenvalue weighted by Crippen LogP contribution is 2.24. The molecule has 1 aromatic rings. The van der Waals surface area contributed by atoms with Gasteiger partial charge in [-0.05, 0) is 39.2 Å². The van der Waals surface area contributed by atoms with E-state index in [1.54, 1.807) is 17.0 Å². The molecule has 120 valence electrons. The van der Waals surface area contributed by atoms with Crippen LogP contribution in [0.3, 0.4) is 0 Å². The number of para-hydroxylation sites is 1. The van der Waals surface area contributed by atoms with E-state index in [0.717, 1.165) is 13.0 Å². The van der Waals surface area contributed by atoms with Crippen LogP contribution in [0.25, 0.3) is 0 Å². The third-order valence-electron chi connectivity index (χ3n) is 3.75. The number of likely N-dealkylation sites (tertiary alicyclic amines) is 1. The number of halogens is 1. The highest BCUT2D eigenvalue weighted by Gasteiger charge is 2.34. The Kier molecular flexibility index (Phi) is 5.80. The molecule has 0 aliphatic carbocycles. The summed E-state index contributed by atoms with van der Waals surface area (Å²) in [5.74, 6) is -0.391. The Bertz CT molecular complexity index is 548. The maximum atomic E-state index is 12.3. The van der Waals surface area contributed by atoms with Crippen LogP contribution in [0.2, 0.25) is 5.02 Å². The summed E-state index contributed by atoms with van der Waals surface area (Å²) in [4.78, 5) is 28.1. The molecular weight excluding hydrogens is 302 g/mol. The van der Waals surface area contributed by atoms with Crippen molar-refractivity contribution in [2.45, 2.75) is 12.8 Å². The van der Waals surface area contributed by atoms with Crippen LogP contribution in [0.15, 0.2) is 24.3 Å². The fourth-order valence-electron chi connectivity index (χ4n) is 2.54. The van der Waals surface area contributed by atoms with Gasteiger partial charge in [-0.2, -0.15) is 0 Å². The lowest BCUT2D eigenvalue weighted by atomic mass is 10.1. The lowest BCUT2D eigenvalue weighted by Crippen LogP contribution is -2.30. The maximum Gasteiger partial charge on any atom is 0.229 e. The Morgan fingerprint density at radius 3 is 2.82 bits per heavy atom. The molecule has 1 saturated heterocycles. The first-order valence-electron chi connectivity index (χ1n) is 7.45. The van der Waals surface area contributed by atoms with Gasteiger partial charge in [-0.1, -0.05) is 23.7 Å². The smallest absolute Gasteiger partial charge is 0.229 e. The second-order valence-corrected chi connectivity index (χ2v) is 6.27. The van der Waals surface area contributed by atoms with E-state index < -0.39 is 0 Å². The second-order valence-electron chi connectivity index (χ2n) is 5.87. The molecule has 5 nitrogen and oxygen atoms in total. The van der Waals surface area contributed by atoms with Gasteiger partial charge in [-0.15, -0.1) is 0 Å². The molecule has 0 bridgehead atoms. The van der Waals surface area contributed by atoms with Crippen molar-refractivity contribution in [3.63, 3.8) is 0 Å². The molecule has 1 unspecified atom stereocenters. The molecular formula is C16H22ClN3O2. The summed E-state index contributed by atoms with van der Waals surface area (Å²) in [6.07, 6.45) is 1.19. The van der Waals surface area contributed by atoms with Crippen molar-refractivity contribution in [2.24, 2.45) is 5.92 Å². The summed E-state index contributed by atoms with van der Waals surface area (Å²) >= 11 is 6.03. The van der Waals surface area contributed by atoms with Gasteiger partial charge in [0.2, 0.25) is 11.8 Å². The van der Waals surface area contributed by atoms with Crippen LogP contribution in [-0.4, -0.2) is 55.3 Å². The van der Waals surface area contributed by atoms with Crippen LogP contribution in [0.5, 0.6) is 0 Å². The van der Waals surface area contributed by atoms with Gasteiger partial charge in [0, 0.05) is 19.5 Å². The SMILES string of the molecule is CN(C)CCCN1CC(C(=O)Nc2ccccc2Cl)CC1=O. The van der Waals surface area contributed by atoms with Crippen molar-refractivity contribution in [2.75, 3.05) is 39.0 Å². The molecule has 1 atom stereocenters. The summed E-state index contributed by atoms with van der Waals surface area (Å²) in [6.45, 7) is 2.12. The number of rotatable bonds is 6. The zero-order valence-corrected chi connectivity index (χ0v) is 13.8. The Morgan fingerprint density at radius 2 is 2.14 bits per heavy atom. The molecule has 6 heteroatoms.